The first-order chi connectivity index (χ1) is 13.7. The van der Waals surface area contributed by atoms with Crippen LogP contribution in [0.3, 0.4) is 0 Å². The van der Waals surface area contributed by atoms with E-state index in [-0.39, 0.29) is 0 Å². The van der Waals surface area contributed by atoms with Crippen molar-refractivity contribution in [2.75, 3.05) is 23.3 Å². The van der Waals surface area contributed by atoms with Crippen LogP contribution in [0.25, 0.3) is 11.5 Å². The SMILES string of the molecule is CCc1cc(N2CCC(Nc3cccc(C)n3)CC2)nc(-c2ccccn2)n1. The summed E-state index contributed by atoms with van der Waals surface area (Å²) in [6.45, 7) is 6.07. The molecule has 1 saturated heterocycles. The number of aryl methyl sites for hydroxylation is 2. The minimum absolute atomic E-state index is 0.438. The lowest BCUT2D eigenvalue weighted by Gasteiger charge is -2.33. The molecule has 0 spiro atoms. The number of anilines is 2. The first-order valence-electron chi connectivity index (χ1n) is 9.96. The van der Waals surface area contributed by atoms with Crippen LogP contribution in [0.4, 0.5) is 11.6 Å². The Balaban J connectivity index is 1.47. The van der Waals surface area contributed by atoms with Gasteiger partial charge in [-0.2, -0.15) is 0 Å². The predicted octanol–water partition coefficient (Wildman–Crippen LogP) is 3.89. The van der Waals surface area contributed by atoms with Gasteiger partial charge in [0.1, 0.15) is 17.3 Å². The van der Waals surface area contributed by atoms with E-state index in [0.717, 1.165) is 61.1 Å². The summed E-state index contributed by atoms with van der Waals surface area (Å²) in [5.74, 6) is 2.67. The molecule has 144 valence electrons. The van der Waals surface area contributed by atoms with E-state index in [9.17, 15) is 0 Å². The maximum absolute atomic E-state index is 4.82. The summed E-state index contributed by atoms with van der Waals surface area (Å²) in [4.78, 5) is 20.8. The van der Waals surface area contributed by atoms with Gasteiger partial charge in [0.2, 0.25) is 0 Å². The fraction of sp³-hybridized carbons (Fsp3) is 0.364. The van der Waals surface area contributed by atoms with Crippen molar-refractivity contribution >= 4 is 11.6 Å². The molecule has 0 unspecified atom stereocenters. The molecular formula is C22H26N6. The van der Waals surface area contributed by atoms with Crippen LogP contribution in [0.5, 0.6) is 0 Å². The van der Waals surface area contributed by atoms with E-state index < -0.39 is 0 Å². The first-order valence-corrected chi connectivity index (χ1v) is 9.96. The fourth-order valence-electron chi connectivity index (χ4n) is 3.52. The van der Waals surface area contributed by atoms with E-state index >= 15 is 0 Å². The molecule has 1 fully saturated rings. The normalized spacial score (nSPS) is 14.9. The van der Waals surface area contributed by atoms with E-state index in [4.69, 9.17) is 4.98 Å². The van der Waals surface area contributed by atoms with Crippen LogP contribution in [0.1, 0.15) is 31.2 Å². The van der Waals surface area contributed by atoms with Gasteiger partial charge in [0, 0.05) is 42.8 Å². The van der Waals surface area contributed by atoms with Gasteiger partial charge < -0.3 is 10.2 Å². The van der Waals surface area contributed by atoms with Crippen molar-refractivity contribution in [3.8, 4) is 11.5 Å². The average Bonchev–Trinajstić information content (AvgIpc) is 2.74. The Morgan fingerprint density at radius 3 is 2.61 bits per heavy atom. The number of hydrogen-bond acceptors (Lipinski definition) is 6. The van der Waals surface area contributed by atoms with Crippen molar-refractivity contribution in [2.24, 2.45) is 0 Å². The summed E-state index contributed by atoms with van der Waals surface area (Å²) in [7, 11) is 0. The van der Waals surface area contributed by atoms with Gasteiger partial charge in [-0.1, -0.05) is 19.1 Å². The molecule has 1 aliphatic heterocycles. The van der Waals surface area contributed by atoms with E-state index in [0.29, 0.717) is 11.9 Å². The van der Waals surface area contributed by atoms with E-state index in [1.807, 2.05) is 43.3 Å². The average molecular weight is 374 g/mol. The zero-order chi connectivity index (χ0) is 19.3. The van der Waals surface area contributed by atoms with Gasteiger partial charge in [-0.15, -0.1) is 0 Å². The molecule has 3 aromatic rings. The Kier molecular flexibility index (Phi) is 5.46. The van der Waals surface area contributed by atoms with Gasteiger partial charge in [-0.25, -0.2) is 15.0 Å². The van der Waals surface area contributed by atoms with Crippen LogP contribution in [-0.4, -0.2) is 39.1 Å². The van der Waals surface area contributed by atoms with Gasteiger partial charge in [0.25, 0.3) is 0 Å². The van der Waals surface area contributed by atoms with Crippen molar-refractivity contribution in [3.05, 3.63) is 60.0 Å². The maximum atomic E-state index is 4.82. The molecule has 3 aromatic heterocycles. The molecule has 6 heteroatoms. The fourth-order valence-corrected chi connectivity index (χ4v) is 3.52. The Labute approximate surface area is 166 Å². The molecule has 4 heterocycles. The summed E-state index contributed by atoms with van der Waals surface area (Å²) in [5.41, 5.74) is 2.91. The Bertz CT molecular complexity index is 919. The zero-order valence-electron chi connectivity index (χ0n) is 16.5. The Morgan fingerprint density at radius 1 is 1.04 bits per heavy atom. The zero-order valence-corrected chi connectivity index (χ0v) is 16.5. The van der Waals surface area contributed by atoms with Crippen LogP contribution in [0.15, 0.2) is 48.7 Å². The van der Waals surface area contributed by atoms with Gasteiger partial charge in [-0.05, 0) is 50.5 Å². The molecule has 0 aliphatic carbocycles. The highest BCUT2D eigenvalue weighted by molar-refractivity contribution is 5.54. The molecule has 4 rings (SSSR count). The second-order valence-electron chi connectivity index (χ2n) is 7.18. The molecule has 0 radical (unpaired) electrons. The highest BCUT2D eigenvalue weighted by Crippen LogP contribution is 2.23. The Hall–Kier alpha value is -3.02. The number of aromatic nitrogens is 4. The lowest BCUT2D eigenvalue weighted by Crippen LogP contribution is -2.39. The largest absolute Gasteiger partial charge is 0.367 e. The van der Waals surface area contributed by atoms with Crippen molar-refractivity contribution in [1.29, 1.82) is 0 Å². The molecule has 0 aromatic carbocycles. The smallest absolute Gasteiger partial charge is 0.180 e. The lowest BCUT2D eigenvalue weighted by atomic mass is 10.0. The molecule has 0 bridgehead atoms. The molecule has 1 N–H and O–H groups in total. The Morgan fingerprint density at radius 2 is 1.89 bits per heavy atom. The minimum Gasteiger partial charge on any atom is -0.367 e. The first kappa shape index (κ1) is 18.3. The van der Waals surface area contributed by atoms with Gasteiger partial charge in [0.05, 0.1) is 0 Å². The van der Waals surface area contributed by atoms with Crippen molar-refractivity contribution in [3.63, 3.8) is 0 Å². The summed E-state index contributed by atoms with van der Waals surface area (Å²) in [6.07, 6.45) is 4.78. The number of hydrogen-bond donors (Lipinski definition) is 1. The summed E-state index contributed by atoms with van der Waals surface area (Å²) < 4.78 is 0. The van der Waals surface area contributed by atoms with Crippen LogP contribution >= 0.6 is 0 Å². The predicted molar refractivity (Wildman–Crippen MR) is 112 cm³/mol. The molecule has 1 aliphatic rings. The molecule has 0 amide bonds. The van der Waals surface area contributed by atoms with Gasteiger partial charge >= 0.3 is 0 Å². The minimum atomic E-state index is 0.438. The van der Waals surface area contributed by atoms with E-state index in [2.05, 4.69) is 38.2 Å². The summed E-state index contributed by atoms with van der Waals surface area (Å²) >= 11 is 0. The van der Waals surface area contributed by atoms with Gasteiger partial charge in [-0.3, -0.25) is 4.98 Å². The molecule has 0 atom stereocenters. The third-order valence-electron chi connectivity index (χ3n) is 5.08. The molecule has 6 nitrogen and oxygen atoms in total. The molecule has 28 heavy (non-hydrogen) atoms. The van der Waals surface area contributed by atoms with E-state index in [1.165, 1.54) is 0 Å². The van der Waals surface area contributed by atoms with Gasteiger partial charge in [0.15, 0.2) is 5.82 Å². The van der Waals surface area contributed by atoms with Crippen LogP contribution in [-0.2, 0) is 6.42 Å². The van der Waals surface area contributed by atoms with Crippen LogP contribution < -0.4 is 10.2 Å². The highest BCUT2D eigenvalue weighted by Gasteiger charge is 2.21. The third kappa shape index (κ3) is 4.27. The lowest BCUT2D eigenvalue weighted by molar-refractivity contribution is 0.522. The maximum Gasteiger partial charge on any atom is 0.180 e. The standard InChI is InChI=1S/C22H26N6/c1-3-17-15-21(27-22(26-17)19-8-4-5-12-23-19)28-13-10-18(11-14-28)25-20-9-6-7-16(2)24-20/h4-9,12,15,18H,3,10-11,13-14H2,1-2H3,(H,24,25). The molecular weight excluding hydrogens is 348 g/mol. The number of pyridine rings is 2. The monoisotopic (exact) mass is 374 g/mol. The van der Waals surface area contributed by atoms with Crippen molar-refractivity contribution in [1.82, 2.24) is 19.9 Å². The van der Waals surface area contributed by atoms with Crippen molar-refractivity contribution in [2.45, 2.75) is 39.2 Å². The second-order valence-corrected chi connectivity index (χ2v) is 7.18. The summed E-state index contributed by atoms with van der Waals surface area (Å²) in [6, 6.07) is 14.5. The number of nitrogens with zero attached hydrogens (tertiary/aromatic N) is 5. The summed E-state index contributed by atoms with van der Waals surface area (Å²) in [5, 5.41) is 3.57. The van der Waals surface area contributed by atoms with E-state index in [1.54, 1.807) is 6.20 Å². The van der Waals surface area contributed by atoms with Crippen LogP contribution in [0.2, 0.25) is 0 Å². The third-order valence-corrected chi connectivity index (χ3v) is 5.08. The number of rotatable bonds is 5. The van der Waals surface area contributed by atoms with Crippen molar-refractivity contribution < 1.29 is 0 Å². The topological polar surface area (TPSA) is 66.8 Å². The highest BCUT2D eigenvalue weighted by atomic mass is 15.2. The quantitative estimate of drug-likeness (QED) is 0.731. The number of nitrogens with one attached hydrogen (secondary N) is 1. The second kappa shape index (κ2) is 8.33. The van der Waals surface area contributed by atoms with Crippen LogP contribution in [0, 0.1) is 6.92 Å². The molecule has 0 saturated carbocycles. The number of piperidine rings is 1.